The van der Waals surface area contributed by atoms with E-state index >= 15 is 0 Å². The maximum Gasteiger partial charge on any atom is 0.418 e. The van der Waals surface area contributed by atoms with Gasteiger partial charge >= 0.3 is 12.1 Å². The van der Waals surface area contributed by atoms with Gasteiger partial charge in [-0.25, -0.2) is 0 Å². The van der Waals surface area contributed by atoms with Crippen LogP contribution < -0.4 is 19.5 Å². The second kappa shape index (κ2) is 10.9. The predicted octanol–water partition coefficient (Wildman–Crippen LogP) is 4.50. The highest BCUT2D eigenvalue weighted by molar-refractivity contribution is 6.34. The van der Waals surface area contributed by atoms with Crippen LogP contribution in [0.15, 0.2) is 30.3 Å². The molecule has 1 N–H and O–H groups in total. The molecule has 0 unspecified atom stereocenters. The number of nitrogens with one attached hydrogen (secondary N) is 1. The molecule has 174 valence electrons. The molecule has 0 spiro atoms. The number of amides is 1. The number of ether oxygens (including phenoxy) is 4. The maximum atomic E-state index is 13.1. The van der Waals surface area contributed by atoms with Crippen molar-refractivity contribution in [2.75, 3.05) is 33.3 Å². The molecule has 0 saturated heterocycles. The average molecular weight is 476 g/mol. The Labute approximate surface area is 187 Å². The van der Waals surface area contributed by atoms with Crippen molar-refractivity contribution in [1.82, 2.24) is 0 Å². The number of halogens is 4. The minimum atomic E-state index is -4.72. The first-order chi connectivity index (χ1) is 15.1. The summed E-state index contributed by atoms with van der Waals surface area (Å²) in [5, 5.41) is 1.75. The SMILES string of the molecule is COc1cc(CCC(=O)OCC(=O)Nc2c(Cl)cccc2C(F)(F)F)cc(OC)c1OC. The van der Waals surface area contributed by atoms with Gasteiger partial charge in [-0.2, -0.15) is 13.2 Å². The van der Waals surface area contributed by atoms with E-state index in [0.29, 0.717) is 22.8 Å². The number of benzene rings is 2. The first kappa shape index (κ1) is 25.1. The molecule has 0 atom stereocenters. The molecule has 32 heavy (non-hydrogen) atoms. The van der Waals surface area contributed by atoms with E-state index in [0.717, 1.165) is 12.1 Å². The van der Waals surface area contributed by atoms with Crippen LogP contribution in [0.2, 0.25) is 5.02 Å². The van der Waals surface area contributed by atoms with Gasteiger partial charge in [-0.05, 0) is 36.2 Å². The Morgan fingerprint density at radius 1 is 1.03 bits per heavy atom. The lowest BCUT2D eigenvalue weighted by molar-refractivity contribution is -0.147. The molecule has 11 heteroatoms. The first-order valence-electron chi connectivity index (χ1n) is 9.20. The van der Waals surface area contributed by atoms with Crippen molar-refractivity contribution < 1.29 is 41.7 Å². The van der Waals surface area contributed by atoms with Gasteiger partial charge in [0.05, 0.1) is 37.6 Å². The van der Waals surface area contributed by atoms with E-state index in [-0.39, 0.29) is 17.9 Å². The molecule has 0 saturated carbocycles. The number of carbonyl (C=O) groups is 2. The van der Waals surface area contributed by atoms with Crippen molar-refractivity contribution in [3.8, 4) is 17.2 Å². The Bertz CT molecular complexity index is 955. The Morgan fingerprint density at radius 3 is 2.19 bits per heavy atom. The highest BCUT2D eigenvalue weighted by atomic mass is 35.5. The Hall–Kier alpha value is -3.14. The molecule has 1 amide bonds. The van der Waals surface area contributed by atoms with Crippen molar-refractivity contribution in [3.63, 3.8) is 0 Å². The van der Waals surface area contributed by atoms with Gasteiger partial charge < -0.3 is 24.3 Å². The van der Waals surface area contributed by atoms with Crippen LogP contribution in [0.25, 0.3) is 0 Å². The normalized spacial score (nSPS) is 11.0. The predicted molar refractivity (Wildman–Crippen MR) is 110 cm³/mol. The monoisotopic (exact) mass is 475 g/mol. The summed E-state index contributed by atoms with van der Waals surface area (Å²) >= 11 is 5.78. The minimum absolute atomic E-state index is 0.0915. The number of aryl methyl sites for hydroxylation is 1. The number of methoxy groups -OCH3 is 3. The summed E-state index contributed by atoms with van der Waals surface area (Å²) < 4.78 is 59.8. The Kier molecular flexibility index (Phi) is 8.59. The lowest BCUT2D eigenvalue weighted by Gasteiger charge is -2.15. The fraction of sp³-hybridized carbons (Fsp3) is 0.333. The lowest BCUT2D eigenvalue weighted by Crippen LogP contribution is -2.23. The molecule has 2 aromatic rings. The molecule has 0 aromatic heterocycles. The summed E-state index contributed by atoms with van der Waals surface area (Å²) in [6.07, 6.45) is -4.57. The fourth-order valence-electron chi connectivity index (χ4n) is 2.81. The number of alkyl halides is 3. The van der Waals surface area contributed by atoms with Crippen molar-refractivity contribution in [3.05, 3.63) is 46.5 Å². The Balaban J connectivity index is 1.95. The van der Waals surface area contributed by atoms with Gasteiger partial charge in [0.2, 0.25) is 5.75 Å². The van der Waals surface area contributed by atoms with Gasteiger partial charge in [-0.1, -0.05) is 17.7 Å². The van der Waals surface area contributed by atoms with Crippen molar-refractivity contribution in [1.29, 1.82) is 0 Å². The molecule has 0 heterocycles. The van der Waals surface area contributed by atoms with Crippen LogP contribution in [0, 0.1) is 0 Å². The van der Waals surface area contributed by atoms with Crippen LogP contribution in [0.5, 0.6) is 17.2 Å². The third-order valence-electron chi connectivity index (χ3n) is 4.29. The molecule has 2 rings (SSSR count). The summed E-state index contributed by atoms with van der Waals surface area (Å²) in [5.41, 5.74) is -1.01. The van der Waals surface area contributed by atoms with Crippen LogP contribution in [0.3, 0.4) is 0 Å². The number of anilines is 1. The summed E-state index contributed by atoms with van der Waals surface area (Å²) in [4.78, 5) is 24.0. The molecular weight excluding hydrogens is 455 g/mol. The van der Waals surface area contributed by atoms with Crippen molar-refractivity contribution >= 4 is 29.2 Å². The van der Waals surface area contributed by atoms with Gasteiger partial charge in [-0.15, -0.1) is 0 Å². The topological polar surface area (TPSA) is 83.1 Å². The van der Waals surface area contributed by atoms with E-state index in [1.54, 1.807) is 12.1 Å². The molecule has 0 aliphatic rings. The number of rotatable bonds is 9. The summed E-state index contributed by atoms with van der Waals surface area (Å²) in [6, 6.07) is 6.43. The molecule has 0 radical (unpaired) electrons. The molecule has 2 aromatic carbocycles. The van der Waals surface area contributed by atoms with E-state index in [9.17, 15) is 22.8 Å². The standard InChI is InChI=1S/C21H21ClF3NO6/c1-29-15-9-12(10-16(30-2)20(15)31-3)7-8-18(28)32-11-17(27)26-19-13(21(23,24)25)5-4-6-14(19)22/h4-6,9-10H,7-8,11H2,1-3H3,(H,26,27). The van der Waals surface area contributed by atoms with Gasteiger partial charge in [0, 0.05) is 6.42 Å². The first-order valence-corrected chi connectivity index (χ1v) is 9.58. The molecule has 0 bridgehead atoms. The smallest absolute Gasteiger partial charge is 0.418 e. The van der Waals surface area contributed by atoms with Crippen molar-refractivity contribution in [2.45, 2.75) is 19.0 Å². The Morgan fingerprint density at radius 2 is 1.66 bits per heavy atom. The number of hydrogen-bond acceptors (Lipinski definition) is 6. The van der Waals surface area contributed by atoms with Crippen LogP contribution in [-0.4, -0.2) is 39.8 Å². The quantitative estimate of drug-likeness (QED) is 0.538. The van der Waals surface area contributed by atoms with Gasteiger partial charge in [0.25, 0.3) is 5.91 Å². The zero-order chi connectivity index (χ0) is 23.9. The zero-order valence-electron chi connectivity index (χ0n) is 17.5. The average Bonchev–Trinajstić information content (AvgIpc) is 2.75. The van der Waals surface area contributed by atoms with E-state index in [1.165, 1.54) is 27.4 Å². The second-order valence-corrected chi connectivity index (χ2v) is 6.81. The molecule has 7 nitrogen and oxygen atoms in total. The van der Waals surface area contributed by atoms with Gasteiger partial charge in [-0.3, -0.25) is 9.59 Å². The zero-order valence-corrected chi connectivity index (χ0v) is 18.2. The second-order valence-electron chi connectivity index (χ2n) is 6.40. The highest BCUT2D eigenvalue weighted by Crippen LogP contribution is 2.39. The van der Waals surface area contributed by atoms with Crippen molar-refractivity contribution in [2.24, 2.45) is 0 Å². The summed E-state index contributed by atoms with van der Waals surface area (Å²) in [7, 11) is 4.37. The van der Waals surface area contributed by atoms with Crippen LogP contribution in [0.4, 0.5) is 18.9 Å². The third-order valence-corrected chi connectivity index (χ3v) is 4.60. The highest BCUT2D eigenvalue weighted by Gasteiger charge is 2.34. The fourth-order valence-corrected chi connectivity index (χ4v) is 3.03. The number of hydrogen-bond donors (Lipinski definition) is 1. The molecule has 0 fully saturated rings. The van der Waals surface area contributed by atoms with Gasteiger partial charge in [0.1, 0.15) is 0 Å². The lowest BCUT2D eigenvalue weighted by atomic mass is 10.1. The van der Waals surface area contributed by atoms with Crippen LogP contribution in [-0.2, 0) is 26.9 Å². The number of esters is 1. The minimum Gasteiger partial charge on any atom is -0.493 e. The van der Waals surface area contributed by atoms with E-state index < -0.39 is 35.9 Å². The maximum absolute atomic E-state index is 13.1. The van der Waals surface area contributed by atoms with Gasteiger partial charge in [0.15, 0.2) is 18.1 Å². The number of carbonyl (C=O) groups excluding carboxylic acids is 2. The molecular formula is C21H21ClF3NO6. The van der Waals surface area contributed by atoms with E-state index in [1.807, 2.05) is 5.32 Å². The summed E-state index contributed by atoms with van der Waals surface area (Å²) in [6.45, 7) is -0.767. The van der Waals surface area contributed by atoms with E-state index in [2.05, 4.69) is 0 Å². The number of para-hydroxylation sites is 1. The summed E-state index contributed by atoms with van der Waals surface area (Å²) in [5.74, 6) is -0.450. The van der Waals surface area contributed by atoms with E-state index in [4.69, 9.17) is 30.5 Å². The molecule has 0 aliphatic carbocycles. The van der Waals surface area contributed by atoms with Crippen LogP contribution in [0.1, 0.15) is 17.5 Å². The molecule has 0 aliphatic heterocycles. The largest absolute Gasteiger partial charge is 0.493 e. The van der Waals surface area contributed by atoms with Crippen LogP contribution >= 0.6 is 11.6 Å². The third kappa shape index (κ3) is 6.43.